The largest absolute Gasteiger partial charge is 0.348 e. The van der Waals surface area contributed by atoms with Gasteiger partial charge in [0.1, 0.15) is 0 Å². The van der Waals surface area contributed by atoms with E-state index in [1.807, 2.05) is 26.5 Å². The second-order valence-electron chi connectivity index (χ2n) is 7.13. The quantitative estimate of drug-likeness (QED) is 0.879. The maximum atomic E-state index is 4.60. The van der Waals surface area contributed by atoms with Crippen LogP contribution in [0.1, 0.15) is 35.6 Å². The third kappa shape index (κ3) is 4.61. The van der Waals surface area contributed by atoms with Gasteiger partial charge in [-0.2, -0.15) is 0 Å². The van der Waals surface area contributed by atoms with Crippen LogP contribution in [0.5, 0.6) is 0 Å². The van der Waals surface area contributed by atoms with Crippen LogP contribution in [0.3, 0.4) is 0 Å². The van der Waals surface area contributed by atoms with Gasteiger partial charge in [0.2, 0.25) is 0 Å². The first-order valence-electron chi connectivity index (χ1n) is 8.76. The Hall–Kier alpha value is -1.79. The highest BCUT2D eigenvalue weighted by molar-refractivity contribution is 5.08. The van der Waals surface area contributed by atoms with Crippen LogP contribution in [0.25, 0.3) is 0 Å². The molecule has 0 amide bonds. The van der Waals surface area contributed by atoms with Crippen molar-refractivity contribution in [3.05, 3.63) is 41.5 Å². The van der Waals surface area contributed by atoms with Gasteiger partial charge in [0, 0.05) is 25.0 Å². The zero-order chi connectivity index (χ0) is 16.9. The number of likely N-dealkylation sites (tertiary alicyclic amines) is 1. The summed E-state index contributed by atoms with van der Waals surface area (Å²) in [5.41, 5.74) is 4.52. The van der Waals surface area contributed by atoms with Crippen LogP contribution in [-0.4, -0.2) is 56.9 Å². The summed E-state index contributed by atoms with van der Waals surface area (Å²) in [5.74, 6) is 0.718. The molecule has 1 aliphatic rings. The number of H-pyrrole nitrogens is 1. The monoisotopic (exact) mass is 328 g/mol. The van der Waals surface area contributed by atoms with Crippen LogP contribution in [0, 0.1) is 12.8 Å². The van der Waals surface area contributed by atoms with Crippen molar-refractivity contribution in [2.75, 3.05) is 27.2 Å². The average molecular weight is 328 g/mol. The van der Waals surface area contributed by atoms with Crippen molar-refractivity contribution in [1.82, 2.24) is 29.7 Å². The Morgan fingerprint density at radius 1 is 1.12 bits per heavy atom. The van der Waals surface area contributed by atoms with Gasteiger partial charge in [0.25, 0.3) is 0 Å². The summed E-state index contributed by atoms with van der Waals surface area (Å²) < 4.78 is 0. The highest BCUT2D eigenvalue weighted by Crippen LogP contribution is 2.22. The van der Waals surface area contributed by atoms with Crippen LogP contribution in [0.15, 0.2) is 18.7 Å². The smallest absolute Gasteiger partial charge is 0.0925 e. The fraction of sp³-hybridized carbons (Fsp3) is 0.611. The van der Waals surface area contributed by atoms with Crippen LogP contribution in [0.2, 0.25) is 0 Å². The number of hydrogen-bond acceptors (Lipinski definition) is 5. The van der Waals surface area contributed by atoms with E-state index >= 15 is 0 Å². The lowest BCUT2D eigenvalue weighted by atomic mass is 9.92. The number of rotatable bonds is 6. The van der Waals surface area contributed by atoms with Gasteiger partial charge in [-0.15, -0.1) is 0 Å². The Bertz CT molecular complexity index is 625. The highest BCUT2D eigenvalue weighted by atomic mass is 15.1. The van der Waals surface area contributed by atoms with Crippen molar-refractivity contribution in [3.8, 4) is 0 Å². The van der Waals surface area contributed by atoms with E-state index in [1.165, 1.54) is 24.2 Å². The van der Waals surface area contributed by atoms with Gasteiger partial charge in [0.05, 0.1) is 29.6 Å². The molecule has 3 rings (SSSR count). The molecule has 2 aromatic rings. The molecule has 1 aliphatic heterocycles. The maximum Gasteiger partial charge on any atom is 0.0925 e. The molecule has 1 fully saturated rings. The Balaban J connectivity index is 1.46. The molecule has 3 heterocycles. The van der Waals surface area contributed by atoms with Crippen molar-refractivity contribution in [1.29, 1.82) is 0 Å². The van der Waals surface area contributed by atoms with Gasteiger partial charge in [-0.25, -0.2) is 4.98 Å². The lowest BCUT2D eigenvalue weighted by molar-refractivity contribution is 0.174. The van der Waals surface area contributed by atoms with Gasteiger partial charge in [-0.3, -0.25) is 14.9 Å². The lowest BCUT2D eigenvalue weighted by Crippen LogP contribution is -2.34. The van der Waals surface area contributed by atoms with Gasteiger partial charge in [0.15, 0.2) is 0 Å². The predicted octanol–water partition coefficient (Wildman–Crippen LogP) is 2.02. The number of nitrogens with zero attached hydrogens (tertiary/aromatic N) is 5. The summed E-state index contributed by atoms with van der Waals surface area (Å²) in [6.07, 6.45) is 9.17. The highest BCUT2D eigenvalue weighted by Gasteiger charge is 2.21. The minimum absolute atomic E-state index is 0.718. The molecule has 0 unspecified atom stereocenters. The van der Waals surface area contributed by atoms with E-state index in [9.17, 15) is 0 Å². The minimum atomic E-state index is 0.718. The summed E-state index contributed by atoms with van der Waals surface area (Å²) in [6.45, 7) is 6.18. The van der Waals surface area contributed by atoms with Crippen molar-refractivity contribution in [2.45, 2.75) is 39.3 Å². The van der Waals surface area contributed by atoms with Crippen LogP contribution in [0.4, 0.5) is 0 Å². The van der Waals surface area contributed by atoms with Crippen LogP contribution >= 0.6 is 0 Å². The van der Waals surface area contributed by atoms with Gasteiger partial charge in [-0.05, 0) is 59.3 Å². The molecule has 0 atom stereocenters. The standard InChI is InChI=1S/C18H28N6/c1-14-18(22-13-21-14)12-24-6-4-15(5-7-24)8-16-9-20-17(10-19-16)11-23(2)3/h9-10,13,15H,4-8,11-12H2,1-3H3,(H,21,22). The number of aryl methyl sites for hydroxylation is 1. The average Bonchev–Trinajstić information content (AvgIpc) is 2.96. The normalized spacial score (nSPS) is 16.8. The first kappa shape index (κ1) is 17.0. The van der Waals surface area contributed by atoms with E-state index in [2.05, 4.69) is 36.7 Å². The van der Waals surface area contributed by atoms with E-state index in [4.69, 9.17) is 0 Å². The third-order valence-electron chi connectivity index (χ3n) is 4.75. The van der Waals surface area contributed by atoms with E-state index in [0.29, 0.717) is 0 Å². The molecule has 0 bridgehead atoms. The number of hydrogen-bond donors (Lipinski definition) is 1. The number of piperidine rings is 1. The number of imidazole rings is 1. The molecule has 6 nitrogen and oxygen atoms in total. The second kappa shape index (κ2) is 7.85. The summed E-state index contributed by atoms with van der Waals surface area (Å²) in [5, 5.41) is 0. The third-order valence-corrected chi connectivity index (χ3v) is 4.75. The van der Waals surface area contributed by atoms with Crippen molar-refractivity contribution in [2.24, 2.45) is 5.92 Å². The molecule has 0 aromatic carbocycles. The molecule has 0 spiro atoms. The summed E-state index contributed by atoms with van der Waals surface area (Å²) in [4.78, 5) is 21.3. The lowest BCUT2D eigenvalue weighted by Gasteiger charge is -2.31. The van der Waals surface area contributed by atoms with Crippen molar-refractivity contribution >= 4 is 0 Å². The van der Waals surface area contributed by atoms with E-state index in [-0.39, 0.29) is 0 Å². The van der Waals surface area contributed by atoms with E-state index in [1.54, 1.807) is 6.33 Å². The minimum Gasteiger partial charge on any atom is -0.348 e. The Morgan fingerprint density at radius 2 is 1.83 bits per heavy atom. The molecule has 6 heteroatoms. The maximum absolute atomic E-state index is 4.60. The molecule has 2 aromatic heterocycles. The first-order chi connectivity index (χ1) is 11.6. The molecule has 130 valence electrons. The first-order valence-corrected chi connectivity index (χ1v) is 8.76. The fourth-order valence-electron chi connectivity index (χ4n) is 3.30. The Kier molecular flexibility index (Phi) is 5.58. The Labute approximate surface area is 144 Å². The number of aromatic nitrogens is 4. The predicted molar refractivity (Wildman–Crippen MR) is 94.5 cm³/mol. The molecule has 0 aliphatic carbocycles. The summed E-state index contributed by atoms with van der Waals surface area (Å²) in [7, 11) is 4.10. The van der Waals surface area contributed by atoms with Gasteiger partial charge < -0.3 is 9.88 Å². The Morgan fingerprint density at radius 3 is 2.42 bits per heavy atom. The zero-order valence-corrected chi connectivity index (χ0v) is 15.0. The van der Waals surface area contributed by atoms with Crippen LogP contribution in [-0.2, 0) is 19.5 Å². The van der Waals surface area contributed by atoms with Gasteiger partial charge in [-0.1, -0.05) is 0 Å². The molecule has 1 N–H and O–H groups in total. The molecule has 24 heavy (non-hydrogen) atoms. The van der Waals surface area contributed by atoms with Crippen molar-refractivity contribution < 1.29 is 0 Å². The zero-order valence-electron chi connectivity index (χ0n) is 15.0. The molecular formula is C18H28N6. The van der Waals surface area contributed by atoms with E-state index in [0.717, 1.165) is 49.9 Å². The number of nitrogens with one attached hydrogen (secondary N) is 1. The molecule has 0 saturated carbocycles. The molecule has 0 radical (unpaired) electrons. The summed E-state index contributed by atoms with van der Waals surface area (Å²) >= 11 is 0. The van der Waals surface area contributed by atoms with Gasteiger partial charge >= 0.3 is 0 Å². The molecule has 1 saturated heterocycles. The van der Waals surface area contributed by atoms with Crippen molar-refractivity contribution in [3.63, 3.8) is 0 Å². The number of aromatic amines is 1. The summed E-state index contributed by atoms with van der Waals surface area (Å²) in [6, 6.07) is 0. The fourth-order valence-corrected chi connectivity index (χ4v) is 3.30. The van der Waals surface area contributed by atoms with E-state index < -0.39 is 0 Å². The SMILES string of the molecule is Cc1[nH]cnc1CN1CCC(Cc2cnc(CN(C)C)cn2)CC1. The topological polar surface area (TPSA) is 60.9 Å². The molecular weight excluding hydrogens is 300 g/mol. The second-order valence-corrected chi connectivity index (χ2v) is 7.13. The van der Waals surface area contributed by atoms with Crippen LogP contribution < -0.4 is 0 Å².